The molecule has 0 aliphatic rings. The maximum Gasteiger partial charge on any atom is 0.116 e. The minimum Gasteiger partial charge on any atom is -0.508 e. The summed E-state index contributed by atoms with van der Waals surface area (Å²) in [4.78, 5) is 0. The van der Waals surface area contributed by atoms with Crippen molar-refractivity contribution in [3.63, 3.8) is 0 Å². The highest BCUT2D eigenvalue weighted by Crippen LogP contribution is 2.41. The molecular weight excluding hydrogens is 352 g/mol. The molecule has 4 rings (SSSR count). The Kier molecular flexibility index (Phi) is 4.38. The third kappa shape index (κ3) is 3.35. The Labute approximate surface area is 162 Å². The van der Waals surface area contributed by atoms with Crippen LogP contribution in [0.15, 0.2) is 84.9 Å². The average molecular weight is 370 g/mol. The van der Waals surface area contributed by atoms with Crippen LogP contribution < -0.4 is 0 Å². The highest BCUT2D eigenvalue weighted by Gasteiger charge is 2.15. The van der Waals surface area contributed by atoms with E-state index in [0.717, 1.165) is 33.4 Å². The summed E-state index contributed by atoms with van der Waals surface area (Å²) in [6.45, 7) is 0. The zero-order valence-corrected chi connectivity index (χ0v) is 14.9. The second kappa shape index (κ2) is 7.00. The number of aromatic hydroxyl groups is 4. The van der Waals surface area contributed by atoms with E-state index >= 15 is 0 Å². The summed E-state index contributed by atoms with van der Waals surface area (Å²) in [6, 6.07) is 23.8. The first-order valence-electron chi connectivity index (χ1n) is 8.76. The first-order chi connectivity index (χ1) is 13.5. The highest BCUT2D eigenvalue weighted by molar-refractivity contribution is 5.92. The van der Waals surface area contributed by atoms with E-state index in [0.29, 0.717) is 0 Å². The molecule has 4 nitrogen and oxygen atoms in total. The van der Waals surface area contributed by atoms with Crippen LogP contribution in [-0.2, 0) is 0 Å². The van der Waals surface area contributed by atoms with Crippen molar-refractivity contribution in [2.75, 3.05) is 0 Å². The van der Waals surface area contributed by atoms with E-state index < -0.39 is 0 Å². The summed E-state index contributed by atoms with van der Waals surface area (Å²) >= 11 is 0. The molecule has 0 bridgehead atoms. The van der Waals surface area contributed by atoms with E-state index in [9.17, 15) is 20.4 Å². The summed E-state index contributed by atoms with van der Waals surface area (Å²) in [5.41, 5.74) is 4.92. The molecule has 0 aliphatic heterocycles. The van der Waals surface area contributed by atoms with Gasteiger partial charge in [-0.05, 0) is 81.9 Å². The molecule has 0 atom stereocenters. The van der Waals surface area contributed by atoms with E-state index in [1.54, 1.807) is 72.8 Å². The number of phenolic OH excluding ortho intramolecular Hbond substituents is 4. The lowest BCUT2D eigenvalue weighted by molar-refractivity contribution is 0.474. The van der Waals surface area contributed by atoms with Gasteiger partial charge in [0.1, 0.15) is 23.0 Å². The van der Waals surface area contributed by atoms with Crippen molar-refractivity contribution in [3.8, 4) is 56.4 Å². The van der Waals surface area contributed by atoms with Gasteiger partial charge in [-0.2, -0.15) is 0 Å². The van der Waals surface area contributed by atoms with E-state index in [2.05, 4.69) is 0 Å². The summed E-state index contributed by atoms with van der Waals surface area (Å²) in [7, 11) is 0. The van der Waals surface area contributed by atoms with Crippen LogP contribution in [0, 0.1) is 0 Å². The van der Waals surface area contributed by atoms with Crippen LogP contribution in [0.1, 0.15) is 0 Å². The fraction of sp³-hybridized carbons (Fsp3) is 0. The smallest absolute Gasteiger partial charge is 0.116 e. The first-order valence-corrected chi connectivity index (χ1v) is 8.76. The molecule has 0 radical (unpaired) electrons. The third-order valence-electron chi connectivity index (χ3n) is 4.65. The van der Waals surface area contributed by atoms with Crippen LogP contribution >= 0.6 is 0 Å². The second-order valence-electron chi connectivity index (χ2n) is 6.55. The molecule has 4 N–H and O–H groups in total. The van der Waals surface area contributed by atoms with Crippen molar-refractivity contribution in [3.05, 3.63) is 84.9 Å². The van der Waals surface area contributed by atoms with Crippen LogP contribution in [0.5, 0.6) is 23.0 Å². The van der Waals surface area contributed by atoms with Crippen LogP contribution in [0.25, 0.3) is 33.4 Å². The molecule has 0 saturated heterocycles. The third-order valence-corrected chi connectivity index (χ3v) is 4.65. The predicted octanol–water partition coefficient (Wildman–Crippen LogP) is 5.51. The molecule has 0 aliphatic carbocycles. The molecule has 0 fully saturated rings. The Morgan fingerprint density at radius 1 is 0.321 bits per heavy atom. The van der Waals surface area contributed by atoms with Crippen molar-refractivity contribution >= 4 is 0 Å². The molecule has 28 heavy (non-hydrogen) atoms. The van der Waals surface area contributed by atoms with Gasteiger partial charge in [-0.15, -0.1) is 0 Å². The largest absolute Gasteiger partial charge is 0.508 e. The summed E-state index contributed by atoms with van der Waals surface area (Å²) < 4.78 is 0. The molecule has 138 valence electrons. The topological polar surface area (TPSA) is 80.9 Å². The summed E-state index contributed by atoms with van der Waals surface area (Å²) in [5.74, 6) is 0.562. The van der Waals surface area contributed by atoms with Gasteiger partial charge in [0.25, 0.3) is 0 Å². The Bertz CT molecular complexity index is 1040. The minimum absolute atomic E-state index is 0.109. The molecule has 0 saturated carbocycles. The summed E-state index contributed by atoms with van der Waals surface area (Å²) in [6.07, 6.45) is 0. The van der Waals surface area contributed by atoms with Gasteiger partial charge in [-0.1, -0.05) is 36.4 Å². The van der Waals surface area contributed by atoms with Crippen molar-refractivity contribution in [1.29, 1.82) is 0 Å². The van der Waals surface area contributed by atoms with Gasteiger partial charge in [0.05, 0.1) is 0 Å². The van der Waals surface area contributed by atoms with Crippen LogP contribution in [-0.4, -0.2) is 20.4 Å². The van der Waals surface area contributed by atoms with Gasteiger partial charge < -0.3 is 20.4 Å². The lowest BCUT2D eigenvalue weighted by Gasteiger charge is -2.16. The van der Waals surface area contributed by atoms with E-state index in [1.807, 2.05) is 12.1 Å². The predicted molar refractivity (Wildman–Crippen MR) is 109 cm³/mol. The molecule has 0 heterocycles. The number of rotatable bonds is 3. The monoisotopic (exact) mass is 370 g/mol. The molecule has 0 amide bonds. The fourth-order valence-electron chi connectivity index (χ4n) is 3.30. The van der Waals surface area contributed by atoms with Gasteiger partial charge in [0, 0.05) is 0 Å². The van der Waals surface area contributed by atoms with E-state index in [-0.39, 0.29) is 23.0 Å². The Morgan fingerprint density at radius 3 is 1.00 bits per heavy atom. The van der Waals surface area contributed by atoms with Crippen LogP contribution in [0.2, 0.25) is 0 Å². The maximum absolute atomic E-state index is 10.1. The zero-order valence-electron chi connectivity index (χ0n) is 14.9. The number of hydrogen-bond donors (Lipinski definition) is 4. The van der Waals surface area contributed by atoms with Crippen molar-refractivity contribution in [1.82, 2.24) is 0 Å². The van der Waals surface area contributed by atoms with Gasteiger partial charge in [-0.3, -0.25) is 0 Å². The normalized spacial score (nSPS) is 10.7. The van der Waals surface area contributed by atoms with Gasteiger partial charge >= 0.3 is 0 Å². The SMILES string of the molecule is Oc1ccc(-c2ccc(O)cc2-c2cc(O)ccc2-c2ccc(O)cc2)cc1. The lowest BCUT2D eigenvalue weighted by atomic mass is 9.89. The molecule has 4 aromatic rings. The number of benzene rings is 4. The maximum atomic E-state index is 10.1. The Morgan fingerprint density at radius 2 is 0.643 bits per heavy atom. The molecule has 4 aromatic carbocycles. The van der Waals surface area contributed by atoms with E-state index in [1.165, 1.54) is 0 Å². The first kappa shape index (κ1) is 17.5. The van der Waals surface area contributed by atoms with Gasteiger partial charge in [-0.25, -0.2) is 0 Å². The second-order valence-corrected chi connectivity index (χ2v) is 6.55. The molecule has 0 aromatic heterocycles. The quantitative estimate of drug-likeness (QED) is 0.383. The molecular formula is C24H18O4. The Balaban J connectivity index is 1.97. The Hall–Kier alpha value is -3.92. The molecule has 4 heteroatoms. The highest BCUT2D eigenvalue weighted by atomic mass is 16.3. The van der Waals surface area contributed by atoms with E-state index in [4.69, 9.17) is 0 Å². The number of hydrogen-bond acceptors (Lipinski definition) is 4. The van der Waals surface area contributed by atoms with Gasteiger partial charge in [0.2, 0.25) is 0 Å². The van der Waals surface area contributed by atoms with Crippen LogP contribution in [0.3, 0.4) is 0 Å². The standard InChI is InChI=1S/C24H18O4/c25-17-5-1-15(2-6-17)21-11-9-19(27)13-23(21)24-14-20(28)10-12-22(24)16-3-7-18(26)8-4-16/h1-14,25-28H. The summed E-state index contributed by atoms with van der Waals surface area (Å²) in [5, 5.41) is 39.4. The lowest BCUT2D eigenvalue weighted by Crippen LogP contribution is -1.89. The zero-order chi connectivity index (χ0) is 19.7. The van der Waals surface area contributed by atoms with Crippen molar-refractivity contribution < 1.29 is 20.4 Å². The van der Waals surface area contributed by atoms with Crippen molar-refractivity contribution in [2.24, 2.45) is 0 Å². The molecule has 0 spiro atoms. The minimum atomic E-state index is 0.109. The van der Waals surface area contributed by atoms with Crippen LogP contribution in [0.4, 0.5) is 0 Å². The van der Waals surface area contributed by atoms with Crippen molar-refractivity contribution in [2.45, 2.75) is 0 Å². The number of phenols is 4. The fourth-order valence-corrected chi connectivity index (χ4v) is 3.30. The van der Waals surface area contributed by atoms with Gasteiger partial charge in [0.15, 0.2) is 0 Å². The average Bonchev–Trinajstić information content (AvgIpc) is 2.69. The molecule has 0 unspecified atom stereocenters.